The van der Waals surface area contributed by atoms with Gasteiger partial charge in [-0.3, -0.25) is 9.78 Å². The summed E-state index contributed by atoms with van der Waals surface area (Å²) in [6.45, 7) is 0.766. The molecule has 1 saturated heterocycles. The zero-order chi connectivity index (χ0) is 16.9. The predicted octanol–water partition coefficient (Wildman–Crippen LogP) is 2.77. The number of nitrogens with zero attached hydrogens (tertiary/aromatic N) is 2. The summed E-state index contributed by atoms with van der Waals surface area (Å²) < 4.78 is 4.73. The van der Waals surface area contributed by atoms with Crippen molar-refractivity contribution >= 4 is 11.9 Å². The molecule has 0 aliphatic carbocycles. The Morgan fingerprint density at radius 3 is 2.79 bits per heavy atom. The van der Waals surface area contributed by atoms with Gasteiger partial charge in [0.05, 0.1) is 25.1 Å². The molecule has 0 bridgehead atoms. The van der Waals surface area contributed by atoms with Crippen LogP contribution in [0.25, 0.3) is 0 Å². The van der Waals surface area contributed by atoms with Crippen LogP contribution in [0.5, 0.6) is 0 Å². The van der Waals surface area contributed by atoms with Crippen LogP contribution in [0.4, 0.5) is 0 Å². The first-order chi connectivity index (χ1) is 11.7. The van der Waals surface area contributed by atoms with Gasteiger partial charge in [0.1, 0.15) is 0 Å². The Kier molecular flexibility index (Phi) is 4.89. The van der Waals surface area contributed by atoms with E-state index < -0.39 is 0 Å². The van der Waals surface area contributed by atoms with Gasteiger partial charge in [-0.1, -0.05) is 12.1 Å². The zero-order valence-electron chi connectivity index (χ0n) is 13.6. The summed E-state index contributed by atoms with van der Waals surface area (Å²) in [5, 5.41) is 0. The van der Waals surface area contributed by atoms with E-state index >= 15 is 0 Å². The molecule has 1 atom stereocenters. The number of rotatable bonds is 4. The van der Waals surface area contributed by atoms with Gasteiger partial charge in [0.2, 0.25) is 5.91 Å². The molecule has 2 heterocycles. The van der Waals surface area contributed by atoms with Crippen molar-refractivity contribution in [2.75, 3.05) is 13.7 Å². The zero-order valence-corrected chi connectivity index (χ0v) is 13.6. The first-order valence-corrected chi connectivity index (χ1v) is 8.05. The molecule has 5 nitrogen and oxygen atoms in total. The number of carbonyl (C=O) groups is 2. The fourth-order valence-corrected chi connectivity index (χ4v) is 3.20. The fourth-order valence-electron chi connectivity index (χ4n) is 3.20. The molecule has 1 amide bonds. The second kappa shape index (κ2) is 7.25. The molecule has 0 spiro atoms. The average molecular weight is 324 g/mol. The van der Waals surface area contributed by atoms with Crippen molar-refractivity contribution < 1.29 is 14.3 Å². The maximum Gasteiger partial charge on any atom is 0.337 e. The third-order valence-corrected chi connectivity index (χ3v) is 4.37. The van der Waals surface area contributed by atoms with Crippen molar-refractivity contribution in [3.63, 3.8) is 0 Å². The summed E-state index contributed by atoms with van der Waals surface area (Å²) >= 11 is 0. The summed E-state index contributed by atoms with van der Waals surface area (Å²) in [6.07, 6.45) is 5.78. The van der Waals surface area contributed by atoms with Crippen LogP contribution in [-0.2, 0) is 16.0 Å². The number of pyridine rings is 1. The molecule has 1 unspecified atom stereocenters. The van der Waals surface area contributed by atoms with Gasteiger partial charge < -0.3 is 9.64 Å². The van der Waals surface area contributed by atoms with E-state index in [9.17, 15) is 9.59 Å². The monoisotopic (exact) mass is 324 g/mol. The van der Waals surface area contributed by atoms with Crippen molar-refractivity contribution in [2.45, 2.75) is 25.3 Å². The van der Waals surface area contributed by atoms with Crippen LogP contribution in [0, 0.1) is 0 Å². The molecular formula is C19H20N2O3. The van der Waals surface area contributed by atoms with Crippen LogP contribution in [0.2, 0.25) is 0 Å². The van der Waals surface area contributed by atoms with Crippen molar-refractivity contribution in [3.8, 4) is 0 Å². The van der Waals surface area contributed by atoms with Crippen LogP contribution in [0.3, 0.4) is 0 Å². The molecule has 0 N–H and O–H groups in total. The molecule has 1 aliphatic rings. The topological polar surface area (TPSA) is 59.5 Å². The van der Waals surface area contributed by atoms with Crippen molar-refractivity contribution in [1.29, 1.82) is 0 Å². The minimum atomic E-state index is -0.389. The Morgan fingerprint density at radius 1 is 1.25 bits per heavy atom. The molecule has 0 radical (unpaired) electrons. The molecular weight excluding hydrogens is 304 g/mol. The van der Waals surface area contributed by atoms with Gasteiger partial charge in [0.25, 0.3) is 0 Å². The van der Waals surface area contributed by atoms with E-state index in [2.05, 4.69) is 4.98 Å². The summed E-state index contributed by atoms with van der Waals surface area (Å²) in [6, 6.07) is 11.1. The second-order valence-corrected chi connectivity index (χ2v) is 5.89. The molecule has 1 aliphatic heterocycles. The van der Waals surface area contributed by atoms with Gasteiger partial charge in [0.15, 0.2) is 0 Å². The Balaban J connectivity index is 1.74. The molecule has 0 saturated carbocycles. The SMILES string of the molecule is COC(=O)c1cccc(CC(=O)N2CCCC2c2ccncc2)c1. The number of methoxy groups -OCH3 is 1. The Morgan fingerprint density at radius 2 is 2.04 bits per heavy atom. The third-order valence-electron chi connectivity index (χ3n) is 4.37. The van der Waals surface area contributed by atoms with E-state index in [-0.39, 0.29) is 24.3 Å². The highest BCUT2D eigenvalue weighted by Crippen LogP contribution is 2.32. The van der Waals surface area contributed by atoms with E-state index in [1.54, 1.807) is 30.6 Å². The maximum absolute atomic E-state index is 12.7. The van der Waals surface area contributed by atoms with Crippen LogP contribution in [0.15, 0.2) is 48.8 Å². The molecule has 1 fully saturated rings. The Bertz CT molecular complexity index is 730. The highest BCUT2D eigenvalue weighted by molar-refractivity contribution is 5.90. The highest BCUT2D eigenvalue weighted by Gasteiger charge is 2.29. The van der Waals surface area contributed by atoms with Gasteiger partial charge in [-0.25, -0.2) is 4.79 Å². The minimum Gasteiger partial charge on any atom is -0.465 e. The molecule has 5 heteroatoms. The quantitative estimate of drug-likeness (QED) is 0.812. The molecule has 3 rings (SSSR count). The number of hydrogen-bond donors (Lipinski definition) is 0. The molecule has 24 heavy (non-hydrogen) atoms. The summed E-state index contributed by atoms with van der Waals surface area (Å²) in [5.41, 5.74) is 2.41. The normalized spacial score (nSPS) is 16.9. The van der Waals surface area contributed by atoms with E-state index in [0.29, 0.717) is 5.56 Å². The largest absolute Gasteiger partial charge is 0.465 e. The van der Waals surface area contributed by atoms with Crippen molar-refractivity contribution in [3.05, 3.63) is 65.5 Å². The third kappa shape index (κ3) is 3.45. The lowest BCUT2D eigenvalue weighted by atomic mass is 10.0. The van der Waals surface area contributed by atoms with Crippen LogP contribution >= 0.6 is 0 Å². The van der Waals surface area contributed by atoms with Crippen LogP contribution in [-0.4, -0.2) is 35.4 Å². The predicted molar refractivity (Wildman–Crippen MR) is 89.4 cm³/mol. The molecule has 1 aromatic carbocycles. The number of likely N-dealkylation sites (tertiary alicyclic amines) is 1. The number of hydrogen-bond acceptors (Lipinski definition) is 4. The maximum atomic E-state index is 12.7. The Labute approximate surface area is 141 Å². The van der Waals surface area contributed by atoms with Crippen molar-refractivity contribution in [2.24, 2.45) is 0 Å². The number of amides is 1. The van der Waals surface area contributed by atoms with Gasteiger partial charge >= 0.3 is 5.97 Å². The lowest BCUT2D eigenvalue weighted by Crippen LogP contribution is -2.31. The van der Waals surface area contributed by atoms with Gasteiger partial charge in [-0.05, 0) is 48.2 Å². The van der Waals surface area contributed by atoms with Crippen LogP contribution in [0.1, 0.15) is 40.4 Å². The van der Waals surface area contributed by atoms with E-state index in [0.717, 1.165) is 30.5 Å². The average Bonchev–Trinajstić information content (AvgIpc) is 3.12. The lowest BCUT2D eigenvalue weighted by molar-refractivity contribution is -0.131. The lowest BCUT2D eigenvalue weighted by Gasteiger charge is -2.25. The Hall–Kier alpha value is -2.69. The molecule has 2 aromatic rings. The number of ether oxygens (including phenoxy) is 1. The van der Waals surface area contributed by atoms with E-state index in [4.69, 9.17) is 4.74 Å². The van der Waals surface area contributed by atoms with E-state index in [1.807, 2.05) is 23.1 Å². The summed E-state index contributed by atoms with van der Waals surface area (Å²) in [7, 11) is 1.35. The standard InChI is InChI=1S/C19H20N2O3/c1-24-19(23)16-5-2-4-14(12-16)13-18(22)21-11-3-6-17(21)15-7-9-20-10-8-15/h2,4-5,7-10,12,17H,3,6,11,13H2,1H3. The fraction of sp³-hybridized carbons (Fsp3) is 0.316. The summed E-state index contributed by atoms with van der Waals surface area (Å²) in [5.74, 6) is -0.309. The van der Waals surface area contributed by atoms with Gasteiger partial charge in [-0.2, -0.15) is 0 Å². The summed E-state index contributed by atoms with van der Waals surface area (Å²) in [4.78, 5) is 30.3. The first-order valence-electron chi connectivity index (χ1n) is 8.05. The van der Waals surface area contributed by atoms with Crippen molar-refractivity contribution in [1.82, 2.24) is 9.88 Å². The first kappa shape index (κ1) is 16.2. The highest BCUT2D eigenvalue weighted by atomic mass is 16.5. The van der Waals surface area contributed by atoms with Gasteiger partial charge in [-0.15, -0.1) is 0 Å². The smallest absolute Gasteiger partial charge is 0.337 e. The molecule has 124 valence electrons. The van der Waals surface area contributed by atoms with E-state index in [1.165, 1.54) is 7.11 Å². The minimum absolute atomic E-state index is 0.0799. The van der Waals surface area contributed by atoms with Crippen LogP contribution < -0.4 is 0 Å². The number of aromatic nitrogens is 1. The van der Waals surface area contributed by atoms with Gasteiger partial charge in [0, 0.05) is 18.9 Å². The number of benzene rings is 1. The molecule has 1 aromatic heterocycles. The second-order valence-electron chi connectivity index (χ2n) is 5.89. The number of esters is 1. The number of carbonyl (C=O) groups excluding carboxylic acids is 2.